The summed E-state index contributed by atoms with van der Waals surface area (Å²) in [4.78, 5) is 21.6. The summed E-state index contributed by atoms with van der Waals surface area (Å²) in [5.41, 5.74) is 6.39. The van der Waals surface area contributed by atoms with Gasteiger partial charge >= 0.3 is 0 Å². The topological polar surface area (TPSA) is 77.1 Å². The number of nitrogens with zero attached hydrogens (tertiary/aromatic N) is 5. The van der Waals surface area contributed by atoms with Crippen molar-refractivity contribution in [1.29, 1.82) is 0 Å². The molecule has 4 aromatic heterocycles. The van der Waals surface area contributed by atoms with Gasteiger partial charge in [-0.3, -0.25) is 14.3 Å². The number of rotatable bonds is 4. The number of aryl methyl sites for hydroxylation is 1. The van der Waals surface area contributed by atoms with E-state index >= 15 is 0 Å². The maximum atomic E-state index is 13.1. The lowest BCUT2D eigenvalue weighted by Crippen LogP contribution is -2.17. The molecule has 1 aromatic carbocycles. The molecule has 0 aliphatic carbocycles. The van der Waals surface area contributed by atoms with Gasteiger partial charge < -0.3 is 5.32 Å². The van der Waals surface area contributed by atoms with Crippen LogP contribution in [0.5, 0.6) is 0 Å². The third-order valence-electron chi connectivity index (χ3n) is 5.83. The van der Waals surface area contributed by atoms with Crippen molar-refractivity contribution in [2.24, 2.45) is 0 Å². The van der Waals surface area contributed by atoms with E-state index in [1.807, 2.05) is 81.0 Å². The minimum absolute atomic E-state index is 0.226. The second-order valence-electron chi connectivity index (χ2n) is 9.51. The Balaban J connectivity index is 1.47. The molecule has 176 valence electrons. The summed E-state index contributed by atoms with van der Waals surface area (Å²) in [7, 11) is 0. The molecule has 8 heteroatoms. The van der Waals surface area contributed by atoms with Gasteiger partial charge in [0.2, 0.25) is 0 Å². The van der Waals surface area contributed by atoms with Gasteiger partial charge in [0.05, 0.1) is 11.4 Å². The number of aromatic nitrogens is 5. The summed E-state index contributed by atoms with van der Waals surface area (Å²) >= 11 is 6.21. The van der Waals surface area contributed by atoms with Crippen LogP contribution in [0.1, 0.15) is 42.4 Å². The number of pyridine rings is 2. The molecule has 0 fully saturated rings. The number of amides is 1. The lowest BCUT2D eigenvalue weighted by Gasteiger charge is -2.19. The van der Waals surface area contributed by atoms with Crippen LogP contribution in [0.15, 0.2) is 73.3 Å². The van der Waals surface area contributed by atoms with E-state index in [1.54, 1.807) is 24.5 Å². The molecule has 35 heavy (non-hydrogen) atoms. The summed E-state index contributed by atoms with van der Waals surface area (Å²) in [6.45, 7) is 8.14. The first-order valence-electron chi connectivity index (χ1n) is 11.3. The largest absolute Gasteiger partial charge is 0.322 e. The van der Waals surface area contributed by atoms with Crippen molar-refractivity contribution in [3.05, 3.63) is 95.3 Å². The van der Waals surface area contributed by atoms with E-state index in [2.05, 4.69) is 25.0 Å². The molecule has 0 spiro atoms. The molecule has 0 saturated heterocycles. The predicted octanol–water partition coefficient (Wildman–Crippen LogP) is 6.09. The molecule has 0 unspecified atom stereocenters. The van der Waals surface area contributed by atoms with Crippen LogP contribution in [0.25, 0.3) is 22.6 Å². The molecule has 1 N–H and O–H groups in total. The van der Waals surface area contributed by atoms with Crippen LogP contribution in [-0.2, 0) is 5.41 Å². The first kappa shape index (κ1) is 22.8. The van der Waals surface area contributed by atoms with Crippen LogP contribution >= 0.6 is 11.6 Å². The van der Waals surface area contributed by atoms with Crippen molar-refractivity contribution >= 4 is 28.8 Å². The van der Waals surface area contributed by atoms with Gasteiger partial charge in [-0.25, -0.2) is 9.50 Å². The standard InChI is InChI=1S/C27H25ClN6O/c1-17-7-8-20(30-26(35)19-12-23(27(2,3)4)31-24(28)13-19)14-22(17)33-10-11-34-25(33)15-21(32-34)18-6-5-9-29-16-18/h5-16H,1-4H3,(H,30,35). The highest BCUT2D eigenvalue weighted by Gasteiger charge is 2.19. The molecule has 4 heterocycles. The zero-order valence-electron chi connectivity index (χ0n) is 20.0. The van der Waals surface area contributed by atoms with Crippen molar-refractivity contribution in [1.82, 2.24) is 24.1 Å². The summed E-state index contributed by atoms with van der Waals surface area (Å²) in [5, 5.41) is 7.97. The lowest BCUT2D eigenvalue weighted by molar-refractivity contribution is 0.102. The Labute approximate surface area is 208 Å². The van der Waals surface area contributed by atoms with Crippen molar-refractivity contribution in [2.75, 3.05) is 5.32 Å². The van der Waals surface area contributed by atoms with E-state index in [1.165, 1.54) is 0 Å². The minimum atomic E-state index is -0.240. The van der Waals surface area contributed by atoms with E-state index < -0.39 is 0 Å². The minimum Gasteiger partial charge on any atom is -0.322 e. The predicted molar refractivity (Wildman–Crippen MR) is 138 cm³/mol. The van der Waals surface area contributed by atoms with Crippen LogP contribution in [0.4, 0.5) is 5.69 Å². The highest BCUT2D eigenvalue weighted by atomic mass is 35.5. The number of fused-ring (bicyclic) bond motifs is 1. The van der Waals surface area contributed by atoms with Gasteiger partial charge in [-0.1, -0.05) is 38.4 Å². The van der Waals surface area contributed by atoms with E-state index in [0.717, 1.165) is 33.8 Å². The number of halogens is 1. The smallest absolute Gasteiger partial charge is 0.255 e. The molecule has 5 rings (SSSR count). The fourth-order valence-electron chi connectivity index (χ4n) is 3.90. The average molecular weight is 485 g/mol. The number of hydrogen-bond donors (Lipinski definition) is 1. The van der Waals surface area contributed by atoms with Crippen LogP contribution in [0, 0.1) is 6.92 Å². The second kappa shape index (κ2) is 8.67. The Kier molecular flexibility index (Phi) is 5.65. The maximum Gasteiger partial charge on any atom is 0.255 e. The molecule has 0 saturated carbocycles. The van der Waals surface area contributed by atoms with Crippen molar-refractivity contribution in [3.8, 4) is 16.9 Å². The Morgan fingerprint density at radius 2 is 1.89 bits per heavy atom. The van der Waals surface area contributed by atoms with E-state index in [-0.39, 0.29) is 11.3 Å². The third-order valence-corrected chi connectivity index (χ3v) is 6.02. The van der Waals surface area contributed by atoms with Gasteiger partial charge in [0.15, 0.2) is 0 Å². The summed E-state index contributed by atoms with van der Waals surface area (Å²) in [6, 6.07) is 15.1. The third kappa shape index (κ3) is 4.55. The van der Waals surface area contributed by atoms with Crippen LogP contribution in [0.3, 0.4) is 0 Å². The highest BCUT2D eigenvalue weighted by molar-refractivity contribution is 6.29. The van der Waals surface area contributed by atoms with Crippen LogP contribution in [-0.4, -0.2) is 30.1 Å². The van der Waals surface area contributed by atoms with E-state index in [4.69, 9.17) is 11.6 Å². The summed E-state index contributed by atoms with van der Waals surface area (Å²) in [6.07, 6.45) is 7.41. The highest BCUT2D eigenvalue weighted by Crippen LogP contribution is 2.27. The summed E-state index contributed by atoms with van der Waals surface area (Å²) in [5.74, 6) is -0.240. The van der Waals surface area contributed by atoms with E-state index in [0.29, 0.717) is 16.4 Å². The number of benzene rings is 1. The molecule has 0 bridgehead atoms. The Morgan fingerprint density at radius 1 is 1.06 bits per heavy atom. The zero-order chi connectivity index (χ0) is 24.7. The van der Waals surface area contributed by atoms with Gasteiger partial charge in [0, 0.05) is 58.8 Å². The molecule has 1 amide bonds. The molecule has 0 aliphatic rings. The quantitative estimate of drug-likeness (QED) is 0.313. The maximum absolute atomic E-state index is 13.1. The van der Waals surface area contributed by atoms with Crippen LogP contribution < -0.4 is 5.32 Å². The zero-order valence-corrected chi connectivity index (χ0v) is 20.7. The van der Waals surface area contributed by atoms with Gasteiger partial charge in [0.1, 0.15) is 10.8 Å². The Morgan fingerprint density at radius 3 is 2.63 bits per heavy atom. The van der Waals surface area contributed by atoms with Gasteiger partial charge in [0.25, 0.3) is 5.91 Å². The molecule has 7 nitrogen and oxygen atoms in total. The van der Waals surface area contributed by atoms with Crippen molar-refractivity contribution in [2.45, 2.75) is 33.1 Å². The number of carbonyl (C=O) groups is 1. The van der Waals surface area contributed by atoms with Crippen LogP contribution in [0.2, 0.25) is 5.15 Å². The number of carbonyl (C=O) groups excluding carboxylic acids is 1. The molecule has 0 aliphatic heterocycles. The van der Waals surface area contributed by atoms with Crippen molar-refractivity contribution < 1.29 is 4.79 Å². The Bertz CT molecular complexity index is 1550. The van der Waals surface area contributed by atoms with Gasteiger partial charge in [-0.05, 0) is 48.9 Å². The fourth-order valence-corrected chi connectivity index (χ4v) is 4.11. The fraction of sp³-hybridized carbons (Fsp3) is 0.185. The number of anilines is 1. The number of hydrogen-bond acceptors (Lipinski definition) is 4. The normalized spacial score (nSPS) is 11.7. The average Bonchev–Trinajstić information content (AvgIpc) is 3.41. The molecular formula is C27H25ClN6O. The monoisotopic (exact) mass is 484 g/mol. The number of nitrogens with one attached hydrogen (secondary N) is 1. The molecular weight excluding hydrogens is 460 g/mol. The van der Waals surface area contributed by atoms with Gasteiger partial charge in [-0.15, -0.1) is 0 Å². The Hall–Kier alpha value is -3.97. The first-order chi connectivity index (χ1) is 16.7. The molecule has 0 radical (unpaired) electrons. The number of imidazole rings is 1. The lowest BCUT2D eigenvalue weighted by atomic mass is 9.91. The van der Waals surface area contributed by atoms with E-state index in [9.17, 15) is 4.79 Å². The molecule has 0 atom stereocenters. The SMILES string of the molecule is Cc1ccc(NC(=O)c2cc(Cl)nc(C(C)(C)C)c2)cc1-n1ccn2nc(-c3cccnc3)cc12. The van der Waals surface area contributed by atoms with Crippen molar-refractivity contribution in [3.63, 3.8) is 0 Å². The second-order valence-corrected chi connectivity index (χ2v) is 9.90. The van der Waals surface area contributed by atoms with Gasteiger partial charge in [-0.2, -0.15) is 5.10 Å². The summed E-state index contributed by atoms with van der Waals surface area (Å²) < 4.78 is 3.89. The molecule has 5 aromatic rings. The first-order valence-corrected chi connectivity index (χ1v) is 11.6.